The molecule has 2 aliphatic heterocycles. The molecule has 7 heteroatoms. The van der Waals surface area contributed by atoms with Crippen LogP contribution in [0, 0.1) is 5.92 Å². The van der Waals surface area contributed by atoms with Gasteiger partial charge in [-0.1, -0.05) is 30.3 Å². The molecule has 0 aromatic heterocycles. The largest absolute Gasteiger partial charge is 0.480 e. The van der Waals surface area contributed by atoms with Crippen LogP contribution in [0.5, 0.6) is 0 Å². The van der Waals surface area contributed by atoms with Crippen molar-refractivity contribution in [3.8, 4) is 0 Å². The number of nitrogens with one attached hydrogen (secondary N) is 2. The van der Waals surface area contributed by atoms with Gasteiger partial charge in [0.05, 0.1) is 6.04 Å². The van der Waals surface area contributed by atoms with Gasteiger partial charge in [0, 0.05) is 25.4 Å². The normalized spacial score (nSPS) is 21.6. The van der Waals surface area contributed by atoms with Gasteiger partial charge in [-0.2, -0.15) is 0 Å². The molecule has 2 saturated heterocycles. The highest BCUT2D eigenvalue weighted by Crippen LogP contribution is 2.20. The van der Waals surface area contributed by atoms with Crippen LogP contribution >= 0.6 is 0 Å². The Morgan fingerprint density at radius 1 is 1.15 bits per heavy atom. The summed E-state index contributed by atoms with van der Waals surface area (Å²) < 4.78 is 0. The molecular weight excluding hydrogens is 346 g/mol. The zero-order valence-corrected chi connectivity index (χ0v) is 15.4. The molecule has 0 unspecified atom stereocenters. The van der Waals surface area contributed by atoms with E-state index >= 15 is 0 Å². The molecule has 2 aliphatic rings. The van der Waals surface area contributed by atoms with E-state index in [0.717, 1.165) is 24.9 Å². The summed E-state index contributed by atoms with van der Waals surface area (Å²) in [6.45, 7) is 1.98. The summed E-state index contributed by atoms with van der Waals surface area (Å²) in [5.74, 6) is -1.39. The van der Waals surface area contributed by atoms with Crippen LogP contribution in [0.25, 0.3) is 0 Å². The predicted octanol–water partition coefficient (Wildman–Crippen LogP) is 0.789. The molecule has 1 aromatic rings. The van der Waals surface area contributed by atoms with Crippen LogP contribution in [0.15, 0.2) is 30.3 Å². The summed E-state index contributed by atoms with van der Waals surface area (Å²) in [5.41, 5.74) is 0.870. The van der Waals surface area contributed by atoms with Gasteiger partial charge in [-0.3, -0.25) is 9.59 Å². The summed E-state index contributed by atoms with van der Waals surface area (Å²) in [6, 6.07) is 8.24. The SMILES string of the molecule is O=C(N[C@@H](Cc1ccccc1)C(=O)O)C1CCN(C(=O)[C@@H]2CCCN2)CC1. The summed E-state index contributed by atoms with van der Waals surface area (Å²) >= 11 is 0. The molecule has 3 rings (SSSR count). The number of carboxylic acids is 1. The third-order valence-electron chi connectivity index (χ3n) is 5.43. The van der Waals surface area contributed by atoms with Crippen molar-refractivity contribution >= 4 is 17.8 Å². The van der Waals surface area contributed by atoms with E-state index in [1.54, 1.807) is 0 Å². The second-order valence-corrected chi connectivity index (χ2v) is 7.34. The Labute approximate surface area is 159 Å². The Bertz CT molecular complexity index is 665. The van der Waals surface area contributed by atoms with E-state index in [2.05, 4.69) is 10.6 Å². The molecule has 7 nitrogen and oxygen atoms in total. The first kappa shape index (κ1) is 19.4. The number of benzene rings is 1. The zero-order chi connectivity index (χ0) is 19.2. The predicted molar refractivity (Wildman–Crippen MR) is 100 cm³/mol. The Hall–Kier alpha value is -2.41. The first-order valence-electron chi connectivity index (χ1n) is 9.64. The first-order valence-corrected chi connectivity index (χ1v) is 9.64. The molecule has 146 valence electrons. The topological polar surface area (TPSA) is 98.7 Å². The third kappa shape index (κ3) is 5.07. The minimum absolute atomic E-state index is 0.0855. The molecule has 2 atom stereocenters. The van der Waals surface area contributed by atoms with Crippen LogP contribution in [-0.2, 0) is 20.8 Å². The van der Waals surface area contributed by atoms with Crippen LogP contribution in [0.3, 0.4) is 0 Å². The van der Waals surface area contributed by atoms with E-state index in [4.69, 9.17) is 0 Å². The Morgan fingerprint density at radius 3 is 2.44 bits per heavy atom. The number of carbonyl (C=O) groups is 3. The first-order chi connectivity index (χ1) is 13.0. The van der Waals surface area contributed by atoms with E-state index in [1.807, 2.05) is 35.2 Å². The van der Waals surface area contributed by atoms with Gasteiger partial charge < -0.3 is 20.6 Å². The zero-order valence-electron chi connectivity index (χ0n) is 15.4. The maximum absolute atomic E-state index is 12.5. The lowest BCUT2D eigenvalue weighted by Crippen LogP contribution is -2.50. The van der Waals surface area contributed by atoms with Crippen molar-refractivity contribution in [3.05, 3.63) is 35.9 Å². The van der Waals surface area contributed by atoms with E-state index in [0.29, 0.717) is 25.9 Å². The molecule has 27 heavy (non-hydrogen) atoms. The van der Waals surface area contributed by atoms with Crippen LogP contribution in [-0.4, -0.2) is 59.5 Å². The fourth-order valence-electron chi connectivity index (χ4n) is 3.82. The number of hydrogen-bond donors (Lipinski definition) is 3. The number of carbonyl (C=O) groups excluding carboxylic acids is 2. The van der Waals surface area contributed by atoms with E-state index in [1.165, 1.54) is 0 Å². The second kappa shape index (κ2) is 8.99. The summed E-state index contributed by atoms with van der Waals surface area (Å²) in [6.07, 6.45) is 3.29. The van der Waals surface area contributed by atoms with Crippen molar-refractivity contribution in [2.75, 3.05) is 19.6 Å². The molecule has 0 spiro atoms. The molecular formula is C20H27N3O4. The van der Waals surface area contributed by atoms with Gasteiger partial charge in [0.15, 0.2) is 0 Å². The van der Waals surface area contributed by atoms with Gasteiger partial charge in [-0.05, 0) is 37.8 Å². The van der Waals surface area contributed by atoms with Crippen LogP contribution in [0.2, 0.25) is 0 Å². The van der Waals surface area contributed by atoms with E-state index in [-0.39, 0.29) is 30.2 Å². The third-order valence-corrected chi connectivity index (χ3v) is 5.43. The van der Waals surface area contributed by atoms with Crippen molar-refractivity contribution in [3.63, 3.8) is 0 Å². The fraction of sp³-hybridized carbons (Fsp3) is 0.550. The van der Waals surface area contributed by atoms with Gasteiger partial charge in [-0.25, -0.2) is 4.79 Å². The summed E-state index contributed by atoms with van der Waals surface area (Å²) in [7, 11) is 0. The van der Waals surface area contributed by atoms with Crippen molar-refractivity contribution in [2.45, 2.75) is 44.2 Å². The number of rotatable bonds is 6. The van der Waals surface area contributed by atoms with Crippen molar-refractivity contribution in [1.29, 1.82) is 0 Å². The Balaban J connectivity index is 1.50. The molecule has 1 aromatic carbocycles. The number of likely N-dealkylation sites (tertiary alicyclic amines) is 1. The highest BCUT2D eigenvalue weighted by Gasteiger charge is 2.33. The summed E-state index contributed by atoms with van der Waals surface area (Å²) in [4.78, 5) is 38.3. The monoisotopic (exact) mass is 373 g/mol. The Morgan fingerprint density at radius 2 is 1.85 bits per heavy atom. The average Bonchev–Trinajstić information content (AvgIpc) is 3.22. The Kier molecular flexibility index (Phi) is 6.45. The molecule has 0 bridgehead atoms. The number of hydrogen-bond acceptors (Lipinski definition) is 4. The molecule has 2 heterocycles. The van der Waals surface area contributed by atoms with Gasteiger partial charge >= 0.3 is 5.97 Å². The lowest BCUT2D eigenvalue weighted by Gasteiger charge is -2.33. The smallest absolute Gasteiger partial charge is 0.326 e. The highest BCUT2D eigenvalue weighted by atomic mass is 16.4. The number of carboxylic acid groups (broad SMARTS) is 1. The van der Waals surface area contributed by atoms with Crippen LogP contribution in [0.1, 0.15) is 31.2 Å². The van der Waals surface area contributed by atoms with E-state index < -0.39 is 12.0 Å². The van der Waals surface area contributed by atoms with Gasteiger partial charge in [0.25, 0.3) is 0 Å². The lowest BCUT2D eigenvalue weighted by atomic mass is 9.94. The molecule has 0 aliphatic carbocycles. The van der Waals surface area contributed by atoms with Gasteiger partial charge in [0.1, 0.15) is 6.04 Å². The number of nitrogens with zero attached hydrogens (tertiary/aromatic N) is 1. The number of aliphatic carboxylic acids is 1. The highest BCUT2D eigenvalue weighted by molar-refractivity contribution is 5.86. The number of amides is 2. The fourth-order valence-corrected chi connectivity index (χ4v) is 3.82. The minimum atomic E-state index is -1.04. The average molecular weight is 373 g/mol. The lowest BCUT2D eigenvalue weighted by molar-refractivity contribution is -0.143. The van der Waals surface area contributed by atoms with Crippen molar-refractivity contribution in [2.24, 2.45) is 5.92 Å². The minimum Gasteiger partial charge on any atom is -0.480 e. The van der Waals surface area contributed by atoms with Crippen molar-refractivity contribution < 1.29 is 19.5 Å². The number of piperidine rings is 1. The molecule has 3 N–H and O–H groups in total. The van der Waals surface area contributed by atoms with Crippen molar-refractivity contribution in [1.82, 2.24) is 15.5 Å². The molecule has 2 amide bonds. The van der Waals surface area contributed by atoms with Gasteiger partial charge in [-0.15, -0.1) is 0 Å². The molecule has 0 radical (unpaired) electrons. The maximum atomic E-state index is 12.5. The quantitative estimate of drug-likeness (QED) is 0.685. The maximum Gasteiger partial charge on any atom is 0.326 e. The summed E-state index contributed by atoms with van der Waals surface area (Å²) in [5, 5.41) is 15.3. The second-order valence-electron chi connectivity index (χ2n) is 7.34. The van der Waals surface area contributed by atoms with E-state index in [9.17, 15) is 19.5 Å². The molecule has 0 saturated carbocycles. The van der Waals surface area contributed by atoms with Crippen LogP contribution in [0.4, 0.5) is 0 Å². The van der Waals surface area contributed by atoms with Crippen LogP contribution < -0.4 is 10.6 Å². The molecule has 2 fully saturated rings. The van der Waals surface area contributed by atoms with Gasteiger partial charge in [0.2, 0.25) is 11.8 Å². The standard InChI is InChI=1S/C20H27N3O4/c24-18(22-17(20(26)27)13-14-5-2-1-3-6-14)15-8-11-23(12-9-15)19(25)16-7-4-10-21-16/h1-3,5-6,15-17,21H,4,7-13H2,(H,22,24)(H,26,27)/t16-,17-/m0/s1.